The van der Waals surface area contributed by atoms with Gasteiger partial charge in [-0.15, -0.1) is 0 Å². The van der Waals surface area contributed by atoms with E-state index in [4.69, 9.17) is 9.47 Å². The fourth-order valence-electron chi connectivity index (χ4n) is 4.21. The summed E-state index contributed by atoms with van der Waals surface area (Å²) in [7, 11) is 1.76. The number of methoxy groups -OCH3 is 1. The van der Waals surface area contributed by atoms with Crippen LogP contribution in [0.5, 0.6) is 11.5 Å². The Bertz CT molecular complexity index is 798. The third-order valence-electron chi connectivity index (χ3n) is 5.72. The molecular formula is C23H30O2. The smallest absolute Gasteiger partial charge is 0.127 e. The van der Waals surface area contributed by atoms with Crippen LogP contribution in [0.4, 0.5) is 0 Å². The van der Waals surface area contributed by atoms with E-state index in [1.165, 1.54) is 33.4 Å². The van der Waals surface area contributed by atoms with Gasteiger partial charge in [-0.05, 0) is 68.4 Å². The molecule has 1 atom stereocenters. The first kappa shape index (κ1) is 17.8. The van der Waals surface area contributed by atoms with Gasteiger partial charge in [-0.25, -0.2) is 0 Å². The van der Waals surface area contributed by atoms with E-state index >= 15 is 0 Å². The van der Waals surface area contributed by atoms with Crippen LogP contribution in [0.25, 0.3) is 0 Å². The fraction of sp³-hybridized carbons (Fsp3) is 0.478. The number of benzene rings is 2. The van der Waals surface area contributed by atoms with Crippen LogP contribution in [-0.4, -0.2) is 12.7 Å². The van der Waals surface area contributed by atoms with Gasteiger partial charge in [0.1, 0.15) is 17.1 Å². The van der Waals surface area contributed by atoms with E-state index in [1.807, 2.05) is 0 Å². The van der Waals surface area contributed by atoms with Crippen LogP contribution in [-0.2, 0) is 0 Å². The highest BCUT2D eigenvalue weighted by atomic mass is 16.5. The molecule has 0 fully saturated rings. The number of fused-ring (bicyclic) bond motifs is 1. The van der Waals surface area contributed by atoms with Crippen molar-refractivity contribution in [2.75, 3.05) is 7.11 Å². The SMILES string of the molecule is COc1c(C)c(C)c2c(c1C)C(c1ccc(C(C)C)cc1)C(C)(C)O2. The first-order valence-corrected chi connectivity index (χ1v) is 9.15. The highest BCUT2D eigenvalue weighted by Crippen LogP contribution is 2.54. The molecule has 0 aromatic heterocycles. The zero-order valence-corrected chi connectivity index (χ0v) is 16.8. The summed E-state index contributed by atoms with van der Waals surface area (Å²) < 4.78 is 12.2. The van der Waals surface area contributed by atoms with Gasteiger partial charge in [-0.1, -0.05) is 38.1 Å². The van der Waals surface area contributed by atoms with E-state index in [0.29, 0.717) is 5.92 Å². The minimum Gasteiger partial charge on any atom is -0.496 e. The van der Waals surface area contributed by atoms with E-state index in [9.17, 15) is 0 Å². The first-order valence-electron chi connectivity index (χ1n) is 9.15. The maximum absolute atomic E-state index is 6.48. The summed E-state index contributed by atoms with van der Waals surface area (Å²) in [6, 6.07) is 9.03. The minimum atomic E-state index is -0.282. The molecular weight excluding hydrogens is 308 g/mol. The van der Waals surface area contributed by atoms with Crippen molar-refractivity contribution >= 4 is 0 Å². The Kier molecular flexibility index (Phi) is 4.35. The Morgan fingerprint density at radius 1 is 0.960 bits per heavy atom. The Hall–Kier alpha value is -1.96. The molecule has 0 saturated heterocycles. The van der Waals surface area contributed by atoms with Gasteiger partial charge in [0.05, 0.1) is 13.0 Å². The third-order valence-corrected chi connectivity index (χ3v) is 5.72. The zero-order valence-electron chi connectivity index (χ0n) is 16.8. The Balaban J connectivity index is 2.21. The number of hydrogen-bond acceptors (Lipinski definition) is 2. The summed E-state index contributed by atoms with van der Waals surface area (Å²) in [5, 5.41) is 0. The van der Waals surface area contributed by atoms with Crippen molar-refractivity contribution in [1.29, 1.82) is 0 Å². The lowest BCUT2D eigenvalue weighted by Gasteiger charge is -2.27. The zero-order chi connectivity index (χ0) is 18.5. The second-order valence-corrected chi connectivity index (χ2v) is 8.11. The number of ether oxygens (including phenoxy) is 2. The lowest BCUT2D eigenvalue weighted by Crippen LogP contribution is -2.31. The summed E-state index contributed by atoms with van der Waals surface area (Å²) >= 11 is 0. The van der Waals surface area contributed by atoms with Gasteiger partial charge in [-0.3, -0.25) is 0 Å². The molecule has 0 bridgehead atoms. The van der Waals surface area contributed by atoms with Crippen molar-refractivity contribution in [3.8, 4) is 11.5 Å². The van der Waals surface area contributed by atoms with Crippen molar-refractivity contribution in [3.05, 3.63) is 57.6 Å². The van der Waals surface area contributed by atoms with E-state index in [-0.39, 0.29) is 11.5 Å². The minimum absolute atomic E-state index is 0.205. The second-order valence-electron chi connectivity index (χ2n) is 8.11. The number of rotatable bonds is 3. The van der Waals surface area contributed by atoms with E-state index in [1.54, 1.807) is 7.11 Å². The average molecular weight is 338 g/mol. The molecule has 1 heterocycles. The topological polar surface area (TPSA) is 18.5 Å². The Morgan fingerprint density at radius 3 is 2.08 bits per heavy atom. The summed E-state index contributed by atoms with van der Waals surface area (Å²) in [6.45, 7) is 15.2. The van der Waals surface area contributed by atoms with Gasteiger partial charge < -0.3 is 9.47 Å². The Morgan fingerprint density at radius 2 is 1.56 bits per heavy atom. The largest absolute Gasteiger partial charge is 0.496 e. The van der Waals surface area contributed by atoms with Crippen molar-refractivity contribution in [2.24, 2.45) is 0 Å². The van der Waals surface area contributed by atoms with Crippen LogP contribution in [0.15, 0.2) is 24.3 Å². The maximum Gasteiger partial charge on any atom is 0.127 e. The van der Waals surface area contributed by atoms with Crippen LogP contribution in [0.2, 0.25) is 0 Å². The molecule has 2 aromatic carbocycles. The first-order chi connectivity index (χ1) is 11.7. The van der Waals surface area contributed by atoms with Crippen LogP contribution >= 0.6 is 0 Å². The lowest BCUT2D eigenvalue weighted by molar-refractivity contribution is 0.121. The van der Waals surface area contributed by atoms with E-state index in [2.05, 4.69) is 72.7 Å². The van der Waals surface area contributed by atoms with Gasteiger partial charge >= 0.3 is 0 Å². The van der Waals surface area contributed by atoms with Crippen molar-refractivity contribution in [3.63, 3.8) is 0 Å². The molecule has 1 aliphatic rings. The van der Waals surface area contributed by atoms with E-state index < -0.39 is 0 Å². The van der Waals surface area contributed by atoms with Gasteiger partial charge in [0, 0.05) is 5.56 Å². The molecule has 3 rings (SSSR count). The second kappa shape index (κ2) is 6.09. The molecule has 0 saturated carbocycles. The highest BCUT2D eigenvalue weighted by Gasteiger charge is 2.45. The van der Waals surface area contributed by atoms with Crippen molar-refractivity contribution < 1.29 is 9.47 Å². The van der Waals surface area contributed by atoms with Gasteiger partial charge in [-0.2, -0.15) is 0 Å². The molecule has 2 nitrogen and oxygen atoms in total. The standard InChI is InChI=1S/C23H30O2/c1-13(2)17-9-11-18(12-10-17)20-19-16(5)21(24-8)14(3)15(4)22(19)25-23(20,6)7/h9-13,20H,1-8H3. The van der Waals surface area contributed by atoms with Gasteiger partial charge in [0.2, 0.25) is 0 Å². The molecule has 134 valence electrons. The fourth-order valence-corrected chi connectivity index (χ4v) is 4.21. The number of hydrogen-bond donors (Lipinski definition) is 0. The molecule has 0 aliphatic carbocycles. The van der Waals surface area contributed by atoms with Crippen molar-refractivity contribution in [2.45, 2.75) is 65.9 Å². The van der Waals surface area contributed by atoms with E-state index in [0.717, 1.165) is 11.5 Å². The molecule has 0 spiro atoms. The van der Waals surface area contributed by atoms with Gasteiger partial charge in [0.25, 0.3) is 0 Å². The molecule has 2 aromatic rings. The highest BCUT2D eigenvalue weighted by molar-refractivity contribution is 5.64. The summed E-state index contributed by atoms with van der Waals surface area (Å²) in [5.41, 5.74) is 7.23. The monoisotopic (exact) mass is 338 g/mol. The average Bonchev–Trinajstić information content (AvgIpc) is 2.85. The van der Waals surface area contributed by atoms with Crippen LogP contribution in [0.3, 0.4) is 0 Å². The van der Waals surface area contributed by atoms with Crippen molar-refractivity contribution in [1.82, 2.24) is 0 Å². The summed E-state index contributed by atoms with van der Waals surface area (Å²) in [4.78, 5) is 0. The van der Waals surface area contributed by atoms with Crippen LogP contribution < -0.4 is 9.47 Å². The predicted molar refractivity (Wildman–Crippen MR) is 104 cm³/mol. The summed E-state index contributed by atoms with van der Waals surface area (Å²) in [5.74, 6) is 2.78. The molecule has 0 amide bonds. The molecule has 2 heteroatoms. The van der Waals surface area contributed by atoms with Crippen LogP contribution in [0.1, 0.15) is 72.9 Å². The normalized spacial score (nSPS) is 18.2. The molecule has 1 unspecified atom stereocenters. The Labute approximate surface area is 152 Å². The predicted octanol–water partition coefficient (Wildman–Crippen LogP) is 6.05. The molecule has 1 aliphatic heterocycles. The lowest BCUT2D eigenvalue weighted by atomic mass is 9.78. The maximum atomic E-state index is 6.48. The molecule has 0 radical (unpaired) electrons. The van der Waals surface area contributed by atoms with Crippen LogP contribution in [0, 0.1) is 20.8 Å². The van der Waals surface area contributed by atoms with Gasteiger partial charge in [0.15, 0.2) is 0 Å². The third kappa shape index (κ3) is 2.72. The molecule has 25 heavy (non-hydrogen) atoms. The molecule has 0 N–H and O–H groups in total. The summed E-state index contributed by atoms with van der Waals surface area (Å²) in [6.07, 6.45) is 0. The quantitative estimate of drug-likeness (QED) is 0.678.